The van der Waals surface area contributed by atoms with Gasteiger partial charge in [-0.3, -0.25) is 4.79 Å². The van der Waals surface area contributed by atoms with Gasteiger partial charge in [-0.2, -0.15) is 0 Å². The lowest BCUT2D eigenvalue weighted by Crippen LogP contribution is -2.21. The largest absolute Gasteiger partial charge is 0.370 e. The maximum atomic E-state index is 12.5. The van der Waals surface area contributed by atoms with Gasteiger partial charge in [0.15, 0.2) is 0 Å². The van der Waals surface area contributed by atoms with Crippen LogP contribution in [0, 0.1) is 0 Å². The number of hydrogen-bond donors (Lipinski definition) is 1. The van der Waals surface area contributed by atoms with Gasteiger partial charge in [0.25, 0.3) is 0 Å². The fourth-order valence-corrected chi connectivity index (χ4v) is 3.15. The molecule has 1 aliphatic rings. The van der Waals surface area contributed by atoms with Gasteiger partial charge in [0.1, 0.15) is 18.5 Å². The maximum absolute atomic E-state index is 12.5. The molecule has 1 fully saturated rings. The molecule has 2 heterocycles. The number of rotatable bonds is 4. The average molecular weight is 321 g/mol. The minimum absolute atomic E-state index is 0.0260. The standard InChI is InChI=1S/C19H19N3O2/c23-18(20-14-7-2-1-3-8-14)13-22-16-10-5-4-9-15(16)21-19(22)17-11-6-12-24-17/h1-5,7-10,17H,6,11-13H2,(H,20,23)/t17-/m1/s1. The Morgan fingerprint density at radius 3 is 2.75 bits per heavy atom. The molecule has 5 heteroatoms. The van der Waals surface area contributed by atoms with Crippen molar-refractivity contribution in [2.45, 2.75) is 25.5 Å². The number of benzene rings is 2. The number of carbonyl (C=O) groups is 1. The minimum atomic E-state index is -0.0661. The fourth-order valence-electron chi connectivity index (χ4n) is 3.15. The Morgan fingerprint density at radius 1 is 1.17 bits per heavy atom. The van der Waals surface area contributed by atoms with Crippen molar-refractivity contribution >= 4 is 22.6 Å². The number of nitrogens with zero attached hydrogens (tertiary/aromatic N) is 2. The van der Waals surface area contributed by atoms with Crippen LogP contribution in [0.5, 0.6) is 0 Å². The van der Waals surface area contributed by atoms with Crippen molar-refractivity contribution < 1.29 is 9.53 Å². The van der Waals surface area contributed by atoms with Gasteiger partial charge in [0.2, 0.25) is 5.91 Å². The molecule has 4 rings (SSSR count). The first kappa shape index (κ1) is 14.9. The number of hydrogen-bond acceptors (Lipinski definition) is 3. The number of amides is 1. The lowest BCUT2D eigenvalue weighted by molar-refractivity contribution is -0.116. The number of anilines is 1. The zero-order valence-corrected chi connectivity index (χ0v) is 13.3. The molecule has 1 saturated heterocycles. The molecule has 1 N–H and O–H groups in total. The Kier molecular flexibility index (Phi) is 4.01. The number of nitrogens with one attached hydrogen (secondary N) is 1. The molecule has 0 unspecified atom stereocenters. The van der Waals surface area contributed by atoms with E-state index in [9.17, 15) is 4.79 Å². The molecule has 3 aromatic rings. The summed E-state index contributed by atoms with van der Waals surface area (Å²) in [5.74, 6) is 0.778. The van der Waals surface area contributed by atoms with Crippen molar-refractivity contribution in [3.05, 3.63) is 60.4 Å². The van der Waals surface area contributed by atoms with Gasteiger partial charge < -0.3 is 14.6 Å². The van der Waals surface area contributed by atoms with Crippen LogP contribution < -0.4 is 5.32 Å². The summed E-state index contributed by atoms with van der Waals surface area (Å²) >= 11 is 0. The predicted octanol–water partition coefficient (Wildman–Crippen LogP) is 3.53. The van der Waals surface area contributed by atoms with Crippen LogP contribution in [0.2, 0.25) is 0 Å². The minimum Gasteiger partial charge on any atom is -0.370 e. The number of aromatic nitrogens is 2. The van der Waals surface area contributed by atoms with E-state index in [1.807, 2.05) is 59.2 Å². The van der Waals surface area contributed by atoms with Crippen LogP contribution in [0.15, 0.2) is 54.6 Å². The molecule has 1 amide bonds. The van der Waals surface area contributed by atoms with Crippen molar-refractivity contribution in [3.63, 3.8) is 0 Å². The van der Waals surface area contributed by atoms with E-state index < -0.39 is 0 Å². The SMILES string of the molecule is O=C(Cn1c([C@H]2CCCO2)nc2ccccc21)Nc1ccccc1. The van der Waals surface area contributed by atoms with Crippen LogP contribution >= 0.6 is 0 Å². The quantitative estimate of drug-likeness (QED) is 0.800. The first-order valence-electron chi connectivity index (χ1n) is 8.23. The lowest BCUT2D eigenvalue weighted by atomic mass is 10.2. The number of ether oxygens (including phenoxy) is 1. The van der Waals surface area contributed by atoms with Crippen molar-refractivity contribution in [2.75, 3.05) is 11.9 Å². The molecule has 5 nitrogen and oxygen atoms in total. The molecular formula is C19H19N3O2. The van der Waals surface area contributed by atoms with Crippen molar-refractivity contribution in [3.8, 4) is 0 Å². The number of fused-ring (bicyclic) bond motifs is 1. The Hall–Kier alpha value is -2.66. The van der Waals surface area contributed by atoms with E-state index in [0.717, 1.165) is 42.0 Å². The molecule has 2 aromatic carbocycles. The van der Waals surface area contributed by atoms with Gasteiger partial charge in [-0.05, 0) is 37.1 Å². The monoisotopic (exact) mass is 321 g/mol. The average Bonchev–Trinajstić information content (AvgIpc) is 3.24. The van der Waals surface area contributed by atoms with Crippen LogP contribution in [0.4, 0.5) is 5.69 Å². The summed E-state index contributed by atoms with van der Waals surface area (Å²) in [5, 5.41) is 2.93. The van der Waals surface area contributed by atoms with Gasteiger partial charge >= 0.3 is 0 Å². The number of imidazole rings is 1. The molecule has 1 atom stereocenters. The summed E-state index contributed by atoms with van der Waals surface area (Å²) in [6.45, 7) is 0.981. The van der Waals surface area contributed by atoms with Gasteiger partial charge in [0, 0.05) is 12.3 Å². The number of carbonyl (C=O) groups excluding carboxylic acids is 1. The molecular weight excluding hydrogens is 302 g/mol. The van der Waals surface area contributed by atoms with Gasteiger partial charge in [0.05, 0.1) is 11.0 Å². The highest BCUT2D eigenvalue weighted by molar-refractivity contribution is 5.91. The third kappa shape index (κ3) is 2.90. The van der Waals surface area contributed by atoms with Crippen LogP contribution in [-0.2, 0) is 16.1 Å². The molecule has 0 aliphatic carbocycles. The summed E-state index contributed by atoms with van der Waals surface area (Å²) in [6, 6.07) is 17.4. The Labute approximate surface area is 140 Å². The lowest BCUT2D eigenvalue weighted by Gasteiger charge is -2.13. The van der Waals surface area contributed by atoms with Crippen LogP contribution in [0.3, 0.4) is 0 Å². The van der Waals surface area contributed by atoms with Crippen LogP contribution in [0.1, 0.15) is 24.8 Å². The predicted molar refractivity (Wildman–Crippen MR) is 92.7 cm³/mol. The summed E-state index contributed by atoms with van der Waals surface area (Å²) in [7, 11) is 0. The zero-order chi connectivity index (χ0) is 16.4. The van der Waals surface area contributed by atoms with Gasteiger partial charge in [-0.1, -0.05) is 30.3 Å². The van der Waals surface area contributed by atoms with Crippen LogP contribution in [-0.4, -0.2) is 22.1 Å². The zero-order valence-electron chi connectivity index (χ0n) is 13.3. The topological polar surface area (TPSA) is 56.2 Å². The second-order valence-corrected chi connectivity index (χ2v) is 5.96. The molecule has 0 bridgehead atoms. The first-order valence-corrected chi connectivity index (χ1v) is 8.23. The Morgan fingerprint density at radius 2 is 1.96 bits per heavy atom. The smallest absolute Gasteiger partial charge is 0.244 e. The third-order valence-corrected chi connectivity index (χ3v) is 4.26. The van der Waals surface area contributed by atoms with E-state index >= 15 is 0 Å². The second kappa shape index (κ2) is 6.45. The first-order chi connectivity index (χ1) is 11.8. The highest BCUT2D eigenvalue weighted by Crippen LogP contribution is 2.30. The normalized spacial score (nSPS) is 17.2. The second-order valence-electron chi connectivity index (χ2n) is 5.96. The molecule has 0 spiro atoms. The summed E-state index contributed by atoms with van der Waals surface area (Å²) in [4.78, 5) is 17.2. The highest BCUT2D eigenvalue weighted by Gasteiger charge is 2.25. The van der Waals surface area contributed by atoms with Crippen molar-refractivity contribution in [1.29, 1.82) is 0 Å². The third-order valence-electron chi connectivity index (χ3n) is 4.26. The molecule has 0 saturated carbocycles. The van der Waals surface area contributed by atoms with Crippen molar-refractivity contribution in [1.82, 2.24) is 9.55 Å². The van der Waals surface area contributed by atoms with Crippen molar-refractivity contribution in [2.24, 2.45) is 0 Å². The van der Waals surface area contributed by atoms with Gasteiger partial charge in [-0.15, -0.1) is 0 Å². The summed E-state index contributed by atoms with van der Waals surface area (Å²) < 4.78 is 7.77. The van der Waals surface area contributed by atoms with E-state index in [1.165, 1.54) is 0 Å². The van der Waals surface area contributed by atoms with E-state index in [4.69, 9.17) is 9.72 Å². The van der Waals surface area contributed by atoms with E-state index in [2.05, 4.69) is 5.32 Å². The molecule has 24 heavy (non-hydrogen) atoms. The number of para-hydroxylation sites is 3. The molecule has 0 radical (unpaired) electrons. The summed E-state index contributed by atoms with van der Waals surface area (Å²) in [6.07, 6.45) is 1.95. The van der Waals surface area contributed by atoms with E-state index in [1.54, 1.807) is 0 Å². The highest BCUT2D eigenvalue weighted by atomic mass is 16.5. The van der Waals surface area contributed by atoms with Crippen LogP contribution in [0.25, 0.3) is 11.0 Å². The van der Waals surface area contributed by atoms with E-state index in [0.29, 0.717) is 0 Å². The Balaban J connectivity index is 1.64. The molecule has 1 aliphatic heterocycles. The van der Waals surface area contributed by atoms with E-state index in [-0.39, 0.29) is 18.6 Å². The maximum Gasteiger partial charge on any atom is 0.244 e. The molecule has 1 aromatic heterocycles. The fraction of sp³-hybridized carbons (Fsp3) is 0.263. The molecule has 122 valence electrons. The van der Waals surface area contributed by atoms with Gasteiger partial charge in [-0.25, -0.2) is 4.98 Å². The summed E-state index contributed by atoms with van der Waals surface area (Å²) in [5.41, 5.74) is 2.66. The Bertz CT molecular complexity index is 851.